The third-order valence-corrected chi connectivity index (χ3v) is 8.02. The monoisotopic (exact) mass is 521 g/mol. The van der Waals surface area contributed by atoms with Crippen molar-refractivity contribution in [3.05, 3.63) is 111 Å². The zero-order valence-electron chi connectivity index (χ0n) is 20.4. The number of hydrogen-bond donors (Lipinski definition) is 1. The van der Waals surface area contributed by atoms with Gasteiger partial charge in [-0.1, -0.05) is 71.8 Å². The molecule has 1 saturated carbocycles. The summed E-state index contributed by atoms with van der Waals surface area (Å²) in [6.45, 7) is 8.37. The summed E-state index contributed by atoms with van der Waals surface area (Å²) in [7, 11) is 0. The highest BCUT2D eigenvalue weighted by molar-refractivity contribution is 6.30. The summed E-state index contributed by atoms with van der Waals surface area (Å²) in [6, 6.07) is 20.5. The van der Waals surface area contributed by atoms with Crippen LogP contribution >= 0.6 is 23.2 Å². The first kappa shape index (κ1) is 25.0. The van der Waals surface area contributed by atoms with Crippen molar-refractivity contribution in [2.45, 2.75) is 38.5 Å². The Balaban J connectivity index is 1.73. The maximum absolute atomic E-state index is 14.2. The molecular weight excluding hydrogens is 493 g/mol. The minimum absolute atomic E-state index is 0.0475. The lowest BCUT2D eigenvalue weighted by atomic mass is 9.90. The molecule has 0 unspecified atom stereocenters. The fourth-order valence-electron chi connectivity index (χ4n) is 5.01. The highest BCUT2D eigenvalue weighted by atomic mass is 35.5. The first-order valence-electron chi connectivity index (χ1n) is 12.1. The minimum atomic E-state index is -1.20. The number of aliphatic hydroxyl groups is 1. The summed E-state index contributed by atoms with van der Waals surface area (Å²) < 4.78 is 6.86. The first-order chi connectivity index (χ1) is 17.2. The van der Waals surface area contributed by atoms with Gasteiger partial charge in [0, 0.05) is 32.2 Å². The molecule has 4 nitrogen and oxygen atoms in total. The van der Waals surface area contributed by atoms with Crippen LogP contribution in [0.2, 0.25) is 10.0 Å². The van der Waals surface area contributed by atoms with Crippen molar-refractivity contribution >= 4 is 34.7 Å². The molecule has 0 spiro atoms. The molecule has 0 radical (unpaired) electrons. The summed E-state index contributed by atoms with van der Waals surface area (Å²) in [5.74, 6) is -0.126. The van der Waals surface area contributed by atoms with Gasteiger partial charge >= 0.3 is 0 Å². The lowest BCUT2D eigenvalue weighted by molar-refractivity contribution is -0.137. The predicted molar refractivity (Wildman–Crippen MR) is 144 cm³/mol. The molecule has 6 heteroatoms. The van der Waals surface area contributed by atoms with Gasteiger partial charge in [-0.05, 0) is 68.1 Å². The van der Waals surface area contributed by atoms with E-state index in [0.29, 0.717) is 22.2 Å². The van der Waals surface area contributed by atoms with E-state index in [1.807, 2.05) is 85.5 Å². The summed E-state index contributed by atoms with van der Waals surface area (Å²) in [5, 5.41) is 11.3. The van der Waals surface area contributed by atoms with Gasteiger partial charge in [-0.25, -0.2) is 0 Å². The standard InChI is InChI=1S/C30H29Cl2NO3/c1-19(2)22-6-13-27-26(16-22)28(35)33(20(3)21-4-9-24(31)10-5-21)30(27,23-7-11-25(32)12-8-23)36-18-29(17-34)14-15-29/h4-13,16,20,34H,1,14-15,17-18H2,2-3H3/t20-,30+/m0/s1. The van der Waals surface area contributed by atoms with Gasteiger partial charge < -0.3 is 9.84 Å². The van der Waals surface area contributed by atoms with Crippen LogP contribution in [0, 0.1) is 5.41 Å². The smallest absolute Gasteiger partial charge is 0.257 e. The molecule has 0 aromatic heterocycles. The van der Waals surface area contributed by atoms with Crippen LogP contribution in [0.3, 0.4) is 0 Å². The number of aliphatic hydroxyl groups excluding tert-OH is 1. The number of halogens is 2. The Morgan fingerprint density at radius 2 is 1.67 bits per heavy atom. The van der Waals surface area contributed by atoms with Crippen LogP contribution < -0.4 is 0 Å². The maximum Gasteiger partial charge on any atom is 0.257 e. The fraction of sp³-hybridized carbons (Fsp3) is 0.300. The van der Waals surface area contributed by atoms with Crippen molar-refractivity contribution in [2.24, 2.45) is 5.41 Å². The predicted octanol–water partition coefficient (Wildman–Crippen LogP) is 7.23. The van der Waals surface area contributed by atoms with Gasteiger partial charge in [0.2, 0.25) is 0 Å². The van der Waals surface area contributed by atoms with E-state index in [-0.39, 0.29) is 24.0 Å². The summed E-state index contributed by atoms with van der Waals surface area (Å²) in [4.78, 5) is 16.1. The summed E-state index contributed by atoms with van der Waals surface area (Å²) >= 11 is 12.4. The van der Waals surface area contributed by atoms with E-state index in [9.17, 15) is 9.90 Å². The minimum Gasteiger partial charge on any atom is -0.396 e. The summed E-state index contributed by atoms with van der Waals surface area (Å²) in [5.41, 5.74) is 3.40. The van der Waals surface area contributed by atoms with Crippen molar-refractivity contribution < 1.29 is 14.6 Å². The van der Waals surface area contributed by atoms with Crippen molar-refractivity contribution in [3.63, 3.8) is 0 Å². The number of rotatable bonds is 8. The Morgan fingerprint density at radius 3 is 2.22 bits per heavy atom. The van der Waals surface area contributed by atoms with Gasteiger partial charge in [0.05, 0.1) is 19.3 Å². The summed E-state index contributed by atoms with van der Waals surface area (Å²) in [6.07, 6.45) is 1.78. The van der Waals surface area contributed by atoms with Crippen molar-refractivity contribution in [1.82, 2.24) is 4.90 Å². The lowest BCUT2D eigenvalue weighted by Gasteiger charge is -2.43. The maximum atomic E-state index is 14.2. The molecule has 1 heterocycles. The van der Waals surface area contributed by atoms with Crippen molar-refractivity contribution in [3.8, 4) is 0 Å². The van der Waals surface area contributed by atoms with Crippen LogP contribution in [0.5, 0.6) is 0 Å². The molecule has 1 aliphatic carbocycles. The van der Waals surface area contributed by atoms with Crippen LogP contribution in [0.25, 0.3) is 5.57 Å². The van der Waals surface area contributed by atoms with Crippen LogP contribution in [0.1, 0.15) is 65.3 Å². The zero-order chi connectivity index (χ0) is 25.7. The second-order valence-corrected chi connectivity index (χ2v) is 10.9. The molecule has 2 atom stereocenters. The van der Waals surface area contributed by atoms with Gasteiger partial charge in [-0.3, -0.25) is 9.69 Å². The van der Waals surface area contributed by atoms with E-state index in [1.54, 1.807) is 0 Å². The molecule has 3 aromatic carbocycles. The van der Waals surface area contributed by atoms with Crippen molar-refractivity contribution in [1.29, 1.82) is 0 Å². The number of ether oxygens (including phenoxy) is 1. The normalized spacial score (nSPS) is 20.8. The molecule has 0 bridgehead atoms. The van der Waals surface area contributed by atoms with E-state index in [4.69, 9.17) is 27.9 Å². The molecule has 0 saturated heterocycles. The number of carbonyl (C=O) groups is 1. The third kappa shape index (κ3) is 4.16. The molecule has 36 heavy (non-hydrogen) atoms. The molecule has 1 fully saturated rings. The fourth-order valence-corrected chi connectivity index (χ4v) is 5.26. The van der Waals surface area contributed by atoms with E-state index >= 15 is 0 Å². The number of hydrogen-bond acceptors (Lipinski definition) is 3. The highest BCUT2D eigenvalue weighted by Gasteiger charge is 2.56. The lowest BCUT2D eigenvalue weighted by Crippen LogP contribution is -2.49. The molecule has 1 aliphatic heterocycles. The molecule has 1 N–H and O–H groups in total. The van der Waals surface area contributed by atoms with Crippen molar-refractivity contribution in [2.75, 3.05) is 13.2 Å². The highest BCUT2D eigenvalue weighted by Crippen LogP contribution is 2.53. The SMILES string of the molecule is C=C(C)c1ccc2c(c1)C(=O)N([C@@H](C)c1ccc(Cl)cc1)[C@@]2(OCC1(CO)CC1)c1ccc(Cl)cc1. The first-order valence-corrected chi connectivity index (χ1v) is 12.9. The van der Waals surface area contributed by atoms with Crippen LogP contribution in [0.15, 0.2) is 73.3 Å². The Hall–Kier alpha value is -2.63. The average molecular weight is 522 g/mol. The largest absolute Gasteiger partial charge is 0.396 e. The molecule has 5 rings (SSSR count). The molecule has 1 amide bonds. The molecular formula is C30H29Cl2NO3. The Kier molecular flexibility index (Phi) is 6.50. The zero-order valence-corrected chi connectivity index (χ0v) is 21.9. The number of nitrogens with zero attached hydrogens (tertiary/aromatic N) is 1. The molecule has 3 aromatic rings. The van der Waals surface area contributed by atoms with Gasteiger partial charge in [0.15, 0.2) is 5.72 Å². The number of carbonyl (C=O) groups excluding carboxylic acids is 1. The Morgan fingerprint density at radius 1 is 1.06 bits per heavy atom. The number of fused-ring (bicyclic) bond motifs is 1. The van der Waals surface area contributed by atoms with Crippen LogP contribution in [-0.4, -0.2) is 29.1 Å². The van der Waals surface area contributed by atoms with E-state index in [0.717, 1.165) is 40.7 Å². The number of benzene rings is 3. The van der Waals surface area contributed by atoms with E-state index in [2.05, 4.69) is 6.58 Å². The van der Waals surface area contributed by atoms with E-state index < -0.39 is 5.72 Å². The van der Waals surface area contributed by atoms with Gasteiger partial charge in [0.1, 0.15) is 0 Å². The number of amides is 1. The van der Waals surface area contributed by atoms with Gasteiger partial charge in [-0.2, -0.15) is 0 Å². The van der Waals surface area contributed by atoms with Gasteiger partial charge in [0.25, 0.3) is 5.91 Å². The average Bonchev–Trinajstić information content (AvgIpc) is 3.62. The second-order valence-electron chi connectivity index (χ2n) is 10.0. The quantitative estimate of drug-likeness (QED) is 0.340. The Labute approximate surface area is 222 Å². The van der Waals surface area contributed by atoms with Gasteiger partial charge in [-0.15, -0.1) is 0 Å². The van der Waals surface area contributed by atoms with Crippen LogP contribution in [0.4, 0.5) is 0 Å². The molecule has 186 valence electrons. The number of allylic oxidation sites excluding steroid dienone is 1. The Bertz CT molecular complexity index is 1320. The van der Waals surface area contributed by atoms with E-state index in [1.165, 1.54) is 0 Å². The second kappa shape index (κ2) is 9.35. The van der Waals surface area contributed by atoms with Crippen LogP contribution in [-0.2, 0) is 10.5 Å². The topological polar surface area (TPSA) is 49.8 Å². The third-order valence-electron chi connectivity index (χ3n) is 7.52. The molecule has 2 aliphatic rings.